The summed E-state index contributed by atoms with van der Waals surface area (Å²) in [5.41, 5.74) is 1.39. The number of nitrogens with one attached hydrogen (secondary N) is 1. The molecule has 1 aliphatic heterocycles. The minimum absolute atomic E-state index is 0.0722. The molecule has 0 aromatic heterocycles. The molecular weight excluding hydrogens is 503 g/mol. The second-order valence-electron chi connectivity index (χ2n) is 6.56. The Kier molecular flexibility index (Phi) is 6.96. The van der Waals surface area contributed by atoms with Crippen LogP contribution in [0.1, 0.15) is 19.4 Å². The van der Waals surface area contributed by atoms with E-state index in [9.17, 15) is 14.4 Å². The Balaban J connectivity index is 1.64. The maximum absolute atomic E-state index is 12.6. The Morgan fingerprint density at radius 3 is 2.41 bits per heavy atom. The molecule has 0 spiro atoms. The van der Waals surface area contributed by atoms with Crippen molar-refractivity contribution in [3.8, 4) is 5.75 Å². The van der Waals surface area contributed by atoms with E-state index in [1.807, 2.05) is 50.2 Å². The SMILES string of the molecule is CC(C)Oc1ccc(/C=C2\SC(=O)N(CC(=O)Nc3ccc(I)cc3)C2=O)cc1. The second-order valence-corrected chi connectivity index (χ2v) is 8.80. The Morgan fingerprint density at radius 1 is 1.14 bits per heavy atom. The van der Waals surface area contributed by atoms with Gasteiger partial charge in [-0.2, -0.15) is 0 Å². The van der Waals surface area contributed by atoms with Crippen LogP contribution in [0.5, 0.6) is 5.75 Å². The molecule has 0 bridgehead atoms. The molecule has 3 rings (SSSR count). The number of thioether (sulfide) groups is 1. The van der Waals surface area contributed by atoms with Gasteiger partial charge in [0.25, 0.3) is 11.1 Å². The molecule has 1 aliphatic rings. The molecule has 2 aromatic rings. The lowest BCUT2D eigenvalue weighted by atomic mass is 10.2. The van der Waals surface area contributed by atoms with Crippen molar-refractivity contribution in [2.24, 2.45) is 0 Å². The molecule has 1 fully saturated rings. The number of nitrogens with zero attached hydrogens (tertiary/aromatic N) is 1. The molecule has 29 heavy (non-hydrogen) atoms. The van der Waals surface area contributed by atoms with Crippen molar-refractivity contribution in [3.63, 3.8) is 0 Å². The van der Waals surface area contributed by atoms with Crippen LogP contribution in [0.25, 0.3) is 6.08 Å². The average molecular weight is 522 g/mol. The number of anilines is 1. The van der Waals surface area contributed by atoms with Gasteiger partial charge in [-0.1, -0.05) is 12.1 Å². The van der Waals surface area contributed by atoms with Gasteiger partial charge in [0, 0.05) is 9.26 Å². The van der Waals surface area contributed by atoms with E-state index in [4.69, 9.17) is 4.74 Å². The fraction of sp³-hybridized carbons (Fsp3) is 0.190. The maximum atomic E-state index is 12.6. The smallest absolute Gasteiger partial charge is 0.294 e. The number of benzene rings is 2. The summed E-state index contributed by atoms with van der Waals surface area (Å²) in [6, 6.07) is 14.5. The summed E-state index contributed by atoms with van der Waals surface area (Å²) in [5.74, 6) is -0.164. The van der Waals surface area contributed by atoms with Crippen LogP contribution in [0.15, 0.2) is 53.4 Å². The quantitative estimate of drug-likeness (QED) is 0.438. The van der Waals surface area contributed by atoms with Gasteiger partial charge < -0.3 is 10.1 Å². The third-order valence-electron chi connectivity index (χ3n) is 3.85. The highest BCUT2D eigenvalue weighted by atomic mass is 127. The number of hydrogen-bond acceptors (Lipinski definition) is 5. The number of halogens is 1. The van der Waals surface area contributed by atoms with Crippen molar-refractivity contribution in [2.45, 2.75) is 20.0 Å². The summed E-state index contributed by atoms with van der Waals surface area (Å²) in [6.45, 7) is 3.56. The van der Waals surface area contributed by atoms with Gasteiger partial charge in [0.1, 0.15) is 12.3 Å². The van der Waals surface area contributed by atoms with E-state index in [1.54, 1.807) is 18.2 Å². The Bertz CT molecular complexity index is 956. The summed E-state index contributed by atoms with van der Waals surface area (Å²) in [7, 11) is 0. The molecule has 2 aromatic carbocycles. The maximum Gasteiger partial charge on any atom is 0.294 e. The minimum atomic E-state index is -0.472. The number of carbonyl (C=O) groups excluding carboxylic acids is 3. The molecular formula is C21H19IN2O4S. The number of ether oxygens (including phenoxy) is 1. The van der Waals surface area contributed by atoms with Gasteiger partial charge in [0.15, 0.2) is 0 Å². The zero-order valence-electron chi connectivity index (χ0n) is 15.8. The zero-order chi connectivity index (χ0) is 21.0. The first-order chi connectivity index (χ1) is 13.8. The van der Waals surface area contributed by atoms with Crippen molar-refractivity contribution in [1.82, 2.24) is 4.90 Å². The van der Waals surface area contributed by atoms with Gasteiger partial charge in [-0.3, -0.25) is 19.3 Å². The van der Waals surface area contributed by atoms with E-state index in [2.05, 4.69) is 27.9 Å². The van der Waals surface area contributed by atoms with E-state index in [1.165, 1.54) is 0 Å². The lowest BCUT2D eigenvalue weighted by Gasteiger charge is -2.12. The van der Waals surface area contributed by atoms with Crippen LogP contribution in [0.2, 0.25) is 0 Å². The van der Waals surface area contributed by atoms with Gasteiger partial charge in [-0.25, -0.2) is 0 Å². The van der Waals surface area contributed by atoms with Crippen LogP contribution < -0.4 is 10.1 Å². The normalized spacial score (nSPS) is 15.3. The monoisotopic (exact) mass is 522 g/mol. The molecule has 1 N–H and O–H groups in total. The van der Waals surface area contributed by atoms with Gasteiger partial charge in [-0.15, -0.1) is 0 Å². The molecule has 1 heterocycles. The molecule has 8 heteroatoms. The Morgan fingerprint density at radius 2 is 1.79 bits per heavy atom. The highest BCUT2D eigenvalue weighted by molar-refractivity contribution is 14.1. The Labute approximate surface area is 186 Å². The lowest BCUT2D eigenvalue weighted by Crippen LogP contribution is -2.36. The molecule has 150 valence electrons. The van der Waals surface area contributed by atoms with Crippen LogP contribution in [-0.2, 0) is 9.59 Å². The number of hydrogen-bond donors (Lipinski definition) is 1. The Hall–Kier alpha value is -2.33. The van der Waals surface area contributed by atoms with Gasteiger partial charge in [0.05, 0.1) is 11.0 Å². The van der Waals surface area contributed by atoms with Crippen LogP contribution in [0, 0.1) is 3.57 Å². The molecule has 0 atom stereocenters. The molecule has 1 saturated heterocycles. The van der Waals surface area contributed by atoms with Crippen molar-refractivity contribution in [2.75, 3.05) is 11.9 Å². The molecule has 0 radical (unpaired) electrons. The molecule has 3 amide bonds. The number of imide groups is 1. The number of rotatable bonds is 6. The van der Waals surface area contributed by atoms with Crippen molar-refractivity contribution < 1.29 is 19.1 Å². The summed E-state index contributed by atoms with van der Waals surface area (Å²) < 4.78 is 6.64. The first-order valence-corrected chi connectivity index (χ1v) is 10.8. The van der Waals surface area contributed by atoms with E-state index in [0.29, 0.717) is 5.69 Å². The zero-order valence-corrected chi connectivity index (χ0v) is 18.8. The summed E-state index contributed by atoms with van der Waals surface area (Å²) in [5, 5.41) is 2.23. The summed E-state index contributed by atoms with van der Waals surface area (Å²) in [6.07, 6.45) is 1.71. The first-order valence-electron chi connectivity index (χ1n) is 8.89. The van der Waals surface area contributed by atoms with E-state index < -0.39 is 17.1 Å². The summed E-state index contributed by atoms with van der Waals surface area (Å²) in [4.78, 5) is 38.3. The largest absolute Gasteiger partial charge is 0.491 e. The summed E-state index contributed by atoms with van der Waals surface area (Å²) >= 11 is 3.00. The third kappa shape index (κ3) is 5.83. The van der Waals surface area contributed by atoms with Crippen LogP contribution in [0.4, 0.5) is 10.5 Å². The minimum Gasteiger partial charge on any atom is -0.491 e. The highest BCUT2D eigenvalue weighted by Crippen LogP contribution is 2.32. The first kappa shape index (κ1) is 21.4. The second kappa shape index (κ2) is 9.45. The topological polar surface area (TPSA) is 75.7 Å². The van der Waals surface area contributed by atoms with Gasteiger partial charge in [-0.05, 0) is 96.2 Å². The standard InChI is InChI=1S/C21H19IN2O4S/c1-13(2)28-17-9-3-14(4-10-17)11-18-20(26)24(21(27)29-18)12-19(25)23-16-7-5-15(22)6-8-16/h3-11,13H,12H2,1-2H3,(H,23,25)/b18-11-. The van der Waals surface area contributed by atoms with E-state index in [-0.39, 0.29) is 17.6 Å². The van der Waals surface area contributed by atoms with Crippen LogP contribution >= 0.6 is 34.4 Å². The molecule has 6 nitrogen and oxygen atoms in total. The predicted octanol–water partition coefficient (Wildman–Crippen LogP) is 4.75. The van der Waals surface area contributed by atoms with Crippen molar-refractivity contribution in [1.29, 1.82) is 0 Å². The van der Waals surface area contributed by atoms with Crippen LogP contribution in [0.3, 0.4) is 0 Å². The van der Waals surface area contributed by atoms with Crippen LogP contribution in [-0.4, -0.2) is 34.6 Å². The fourth-order valence-electron chi connectivity index (χ4n) is 2.58. The molecule has 0 unspecified atom stereocenters. The van der Waals surface area contributed by atoms with Crippen molar-refractivity contribution >= 4 is 63.2 Å². The lowest BCUT2D eigenvalue weighted by molar-refractivity contribution is -0.127. The number of carbonyl (C=O) groups is 3. The van der Waals surface area contributed by atoms with Gasteiger partial charge >= 0.3 is 0 Å². The number of amides is 3. The van der Waals surface area contributed by atoms with E-state index in [0.717, 1.165) is 31.5 Å². The average Bonchev–Trinajstić information content (AvgIpc) is 2.92. The molecule has 0 saturated carbocycles. The van der Waals surface area contributed by atoms with Gasteiger partial charge in [0.2, 0.25) is 5.91 Å². The third-order valence-corrected chi connectivity index (χ3v) is 5.48. The fourth-order valence-corrected chi connectivity index (χ4v) is 3.78. The van der Waals surface area contributed by atoms with E-state index >= 15 is 0 Å². The van der Waals surface area contributed by atoms with Crippen molar-refractivity contribution in [3.05, 3.63) is 62.6 Å². The highest BCUT2D eigenvalue weighted by Gasteiger charge is 2.36. The predicted molar refractivity (Wildman–Crippen MR) is 123 cm³/mol. The molecule has 0 aliphatic carbocycles.